The number of nitrogens with zero attached hydrogens (tertiary/aromatic N) is 1. The molecule has 0 aliphatic carbocycles. The van der Waals surface area contributed by atoms with E-state index in [2.05, 4.69) is 10.6 Å². The van der Waals surface area contributed by atoms with Crippen molar-refractivity contribution < 1.29 is 9.59 Å². The summed E-state index contributed by atoms with van der Waals surface area (Å²) in [7, 11) is 3.88. The van der Waals surface area contributed by atoms with Crippen molar-refractivity contribution in [2.24, 2.45) is 0 Å². The third-order valence-electron chi connectivity index (χ3n) is 2.72. The topological polar surface area (TPSA) is 61.4 Å². The average molecular weight is 298 g/mol. The molecule has 1 atom stereocenters. The Morgan fingerprint density at radius 2 is 1.70 bits per heavy atom. The zero-order chi connectivity index (χ0) is 15.1. The second-order valence-electron chi connectivity index (χ2n) is 4.60. The van der Waals surface area contributed by atoms with Crippen LogP contribution in [0.2, 0.25) is 0 Å². The number of rotatable bonds is 6. The van der Waals surface area contributed by atoms with Gasteiger partial charge in [-0.25, -0.2) is 0 Å². The Balaban J connectivity index is 2.38. The van der Waals surface area contributed by atoms with Crippen LogP contribution >= 0.6 is 11.6 Å². The predicted molar refractivity (Wildman–Crippen MR) is 81.4 cm³/mol. The number of nitrogens with one attached hydrogen (secondary N) is 2. The van der Waals surface area contributed by atoms with Gasteiger partial charge in [-0.3, -0.25) is 9.59 Å². The summed E-state index contributed by atoms with van der Waals surface area (Å²) in [4.78, 5) is 25.0. The third kappa shape index (κ3) is 5.09. The Hall–Kier alpha value is -1.75. The molecule has 1 aromatic rings. The van der Waals surface area contributed by atoms with Gasteiger partial charge in [-0.1, -0.05) is 0 Å². The van der Waals surface area contributed by atoms with Crippen LogP contribution in [-0.4, -0.2) is 44.4 Å². The maximum absolute atomic E-state index is 11.8. The Labute approximate surface area is 124 Å². The highest BCUT2D eigenvalue weighted by Crippen LogP contribution is 2.11. The highest BCUT2D eigenvalue weighted by atomic mass is 35.5. The summed E-state index contributed by atoms with van der Waals surface area (Å²) in [6.07, 6.45) is 0. The molecular formula is C14H20ClN3O2. The maximum atomic E-state index is 11.8. The van der Waals surface area contributed by atoms with Gasteiger partial charge in [0.25, 0.3) is 5.91 Å². The fourth-order valence-electron chi connectivity index (χ4n) is 1.52. The molecular weight excluding hydrogens is 278 g/mol. The molecule has 0 saturated carbocycles. The molecule has 2 amide bonds. The molecule has 5 nitrogen and oxygen atoms in total. The van der Waals surface area contributed by atoms with Gasteiger partial charge in [-0.05, 0) is 31.2 Å². The van der Waals surface area contributed by atoms with Crippen LogP contribution in [0.1, 0.15) is 17.3 Å². The highest BCUT2D eigenvalue weighted by molar-refractivity contribution is 6.30. The molecule has 0 radical (unpaired) electrons. The van der Waals surface area contributed by atoms with Crippen molar-refractivity contribution in [3.63, 3.8) is 0 Å². The lowest BCUT2D eigenvalue weighted by molar-refractivity contribution is -0.120. The highest BCUT2D eigenvalue weighted by Gasteiger charge is 2.08. The van der Waals surface area contributed by atoms with Crippen LogP contribution in [0.4, 0.5) is 5.69 Å². The molecule has 6 heteroatoms. The second kappa shape index (κ2) is 7.75. The van der Waals surface area contributed by atoms with Gasteiger partial charge in [0.05, 0.1) is 0 Å². The zero-order valence-electron chi connectivity index (χ0n) is 11.9. The number of carbonyl (C=O) groups is 2. The fourth-order valence-corrected chi connectivity index (χ4v) is 1.59. The van der Waals surface area contributed by atoms with E-state index in [1.165, 1.54) is 0 Å². The molecule has 1 rings (SSSR count). The third-order valence-corrected chi connectivity index (χ3v) is 2.92. The lowest BCUT2D eigenvalue weighted by Gasteiger charge is -2.12. The number of hydrogen-bond acceptors (Lipinski definition) is 3. The van der Waals surface area contributed by atoms with Gasteiger partial charge in [-0.15, -0.1) is 11.6 Å². The van der Waals surface area contributed by atoms with Gasteiger partial charge in [0.1, 0.15) is 5.38 Å². The summed E-state index contributed by atoms with van der Waals surface area (Å²) < 4.78 is 0. The molecule has 110 valence electrons. The average Bonchev–Trinajstić information content (AvgIpc) is 2.43. The summed E-state index contributed by atoms with van der Waals surface area (Å²) in [5.41, 5.74) is 1.62. The summed E-state index contributed by atoms with van der Waals surface area (Å²) in [5, 5.41) is 4.79. The molecule has 0 heterocycles. The number of benzene rings is 1. The van der Waals surface area contributed by atoms with E-state index in [1.807, 2.05) is 31.1 Å². The number of amides is 2. The van der Waals surface area contributed by atoms with Crippen molar-refractivity contribution in [3.05, 3.63) is 29.8 Å². The number of carbonyl (C=O) groups excluding carboxylic acids is 2. The minimum Gasteiger partial charge on any atom is -0.378 e. The lowest BCUT2D eigenvalue weighted by atomic mass is 10.2. The first kappa shape index (κ1) is 16.3. The first-order valence-corrected chi connectivity index (χ1v) is 6.83. The van der Waals surface area contributed by atoms with E-state index in [9.17, 15) is 9.59 Å². The first-order valence-electron chi connectivity index (χ1n) is 6.39. The van der Waals surface area contributed by atoms with Gasteiger partial charge in [0, 0.05) is 38.4 Å². The van der Waals surface area contributed by atoms with Crippen molar-refractivity contribution in [2.45, 2.75) is 12.3 Å². The van der Waals surface area contributed by atoms with E-state index < -0.39 is 5.38 Å². The molecule has 0 aliphatic rings. The van der Waals surface area contributed by atoms with Gasteiger partial charge in [0.15, 0.2) is 0 Å². The van der Waals surface area contributed by atoms with Gasteiger partial charge in [-0.2, -0.15) is 0 Å². The Kier molecular flexibility index (Phi) is 6.31. The van der Waals surface area contributed by atoms with Crippen LogP contribution in [-0.2, 0) is 4.79 Å². The molecule has 0 saturated heterocycles. The number of halogens is 1. The second-order valence-corrected chi connectivity index (χ2v) is 5.26. The quantitative estimate of drug-likeness (QED) is 0.613. The molecule has 0 aliphatic heterocycles. The normalized spacial score (nSPS) is 11.6. The van der Waals surface area contributed by atoms with Crippen LogP contribution in [0.15, 0.2) is 24.3 Å². The Morgan fingerprint density at radius 3 is 2.20 bits per heavy atom. The fraction of sp³-hybridized carbons (Fsp3) is 0.429. The number of anilines is 1. The number of alkyl halides is 1. The van der Waals surface area contributed by atoms with Crippen molar-refractivity contribution in [1.29, 1.82) is 0 Å². The lowest BCUT2D eigenvalue weighted by Crippen LogP contribution is -2.37. The van der Waals surface area contributed by atoms with Crippen LogP contribution in [0, 0.1) is 0 Å². The Morgan fingerprint density at radius 1 is 1.15 bits per heavy atom. The van der Waals surface area contributed by atoms with Crippen molar-refractivity contribution in [2.75, 3.05) is 32.1 Å². The van der Waals surface area contributed by atoms with Crippen LogP contribution in [0.25, 0.3) is 0 Å². The summed E-state index contributed by atoms with van der Waals surface area (Å²) in [6, 6.07) is 7.30. The van der Waals surface area contributed by atoms with Crippen LogP contribution < -0.4 is 15.5 Å². The summed E-state index contributed by atoms with van der Waals surface area (Å²) in [5.74, 6) is -0.403. The van der Waals surface area contributed by atoms with Crippen molar-refractivity contribution in [1.82, 2.24) is 10.6 Å². The van der Waals surface area contributed by atoms with Crippen LogP contribution in [0.5, 0.6) is 0 Å². The molecule has 1 unspecified atom stereocenters. The molecule has 0 spiro atoms. The van der Waals surface area contributed by atoms with Crippen molar-refractivity contribution in [3.8, 4) is 0 Å². The molecule has 0 fully saturated rings. The molecule has 0 bridgehead atoms. The summed E-state index contributed by atoms with van der Waals surface area (Å²) in [6.45, 7) is 2.32. The van der Waals surface area contributed by atoms with Crippen molar-refractivity contribution >= 4 is 29.1 Å². The minimum absolute atomic E-state index is 0.163. The summed E-state index contributed by atoms with van der Waals surface area (Å²) >= 11 is 5.60. The first-order chi connectivity index (χ1) is 9.41. The van der Waals surface area contributed by atoms with Gasteiger partial charge >= 0.3 is 0 Å². The standard InChI is InChI=1S/C14H20ClN3O2/c1-10(15)13(19)16-8-9-17-14(20)11-4-6-12(7-5-11)18(2)3/h4-7,10H,8-9H2,1-3H3,(H,16,19)(H,17,20). The van der Waals surface area contributed by atoms with E-state index >= 15 is 0 Å². The minimum atomic E-state index is -0.565. The molecule has 0 aromatic heterocycles. The van der Waals surface area contributed by atoms with E-state index in [-0.39, 0.29) is 11.8 Å². The SMILES string of the molecule is CC(Cl)C(=O)NCCNC(=O)c1ccc(N(C)C)cc1. The van der Waals surface area contributed by atoms with E-state index in [0.717, 1.165) is 5.69 Å². The van der Waals surface area contributed by atoms with Gasteiger partial charge in [0.2, 0.25) is 5.91 Å². The monoisotopic (exact) mass is 297 g/mol. The zero-order valence-corrected chi connectivity index (χ0v) is 12.7. The number of hydrogen-bond donors (Lipinski definition) is 2. The van der Waals surface area contributed by atoms with E-state index in [1.54, 1.807) is 19.1 Å². The van der Waals surface area contributed by atoms with E-state index in [0.29, 0.717) is 18.7 Å². The van der Waals surface area contributed by atoms with Gasteiger partial charge < -0.3 is 15.5 Å². The smallest absolute Gasteiger partial charge is 0.251 e. The molecule has 1 aromatic carbocycles. The molecule has 2 N–H and O–H groups in total. The van der Waals surface area contributed by atoms with E-state index in [4.69, 9.17) is 11.6 Å². The largest absolute Gasteiger partial charge is 0.378 e. The predicted octanol–water partition coefficient (Wildman–Crippen LogP) is 1.23. The Bertz CT molecular complexity index is 458. The molecule has 20 heavy (non-hydrogen) atoms. The maximum Gasteiger partial charge on any atom is 0.251 e. The van der Waals surface area contributed by atoms with Crippen LogP contribution in [0.3, 0.4) is 0 Å².